The second-order valence-electron chi connectivity index (χ2n) is 6.46. The van der Waals surface area contributed by atoms with Crippen molar-refractivity contribution >= 4 is 19.0 Å². The highest BCUT2D eigenvalue weighted by Crippen LogP contribution is 2.38. The second-order valence-corrected chi connectivity index (χ2v) is 11.6. The molecule has 0 N–H and O–H groups in total. The van der Waals surface area contributed by atoms with Gasteiger partial charge in [0.15, 0.2) is 0 Å². The van der Waals surface area contributed by atoms with Crippen LogP contribution >= 0.6 is 0 Å². The van der Waals surface area contributed by atoms with Crippen LogP contribution < -0.4 is 0 Å². The van der Waals surface area contributed by atoms with Crippen molar-refractivity contribution in [2.45, 2.75) is 68.5 Å². The van der Waals surface area contributed by atoms with Crippen LogP contribution in [-0.2, 0) is 9.47 Å². The van der Waals surface area contributed by atoms with Gasteiger partial charge in [0.25, 0.3) is 0 Å². The molecule has 0 radical (unpaired) electrons. The summed E-state index contributed by atoms with van der Waals surface area (Å²) in [5, 5.41) is 0.476. The Bertz CT molecular complexity index is 244. The summed E-state index contributed by atoms with van der Waals surface area (Å²) in [6, 6.07) is 0. The van der Waals surface area contributed by atoms with Crippen molar-refractivity contribution < 1.29 is 9.47 Å². The maximum Gasteiger partial charge on any atom is 0.0696 e. The number of hydrogen-bond acceptors (Lipinski definition) is 2. The molecule has 2 rings (SSSR count). The minimum atomic E-state index is -0.782. The third-order valence-corrected chi connectivity index (χ3v) is 8.57. The Kier molecular flexibility index (Phi) is 4.50. The first-order chi connectivity index (χ1) is 8.06. The third kappa shape index (κ3) is 3.22. The van der Waals surface area contributed by atoms with Crippen molar-refractivity contribution in [3.05, 3.63) is 0 Å². The Labute approximate surface area is 110 Å². The molecule has 4 heteroatoms. The standard InChI is InChI=1S/C13H28O2Si2/c1-17(2)13(8-4-6-10-15-13)11-12(16)7-3-5-9-14-12/h17H,3-11H2,1-2,16H3. The van der Waals surface area contributed by atoms with Gasteiger partial charge in [0.2, 0.25) is 0 Å². The van der Waals surface area contributed by atoms with E-state index in [4.69, 9.17) is 9.47 Å². The quantitative estimate of drug-likeness (QED) is 0.727. The highest BCUT2D eigenvalue weighted by molar-refractivity contribution is 6.59. The molecule has 0 aromatic carbocycles. The summed E-state index contributed by atoms with van der Waals surface area (Å²) < 4.78 is 12.4. The Morgan fingerprint density at radius 3 is 2.12 bits per heavy atom. The summed E-state index contributed by atoms with van der Waals surface area (Å²) in [6.45, 7) is 6.89. The fourth-order valence-electron chi connectivity index (χ4n) is 3.44. The minimum absolute atomic E-state index is 0.229. The van der Waals surface area contributed by atoms with Gasteiger partial charge in [0, 0.05) is 23.5 Å². The van der Waals surface area contributed by atoms with Gasteiger partial charge < -0.3 is 9.47 Å². The van der Waals surface area contributed by atoms with Crippen molar-refractivity contribution in [1.29, 1.82) is 0 Å². The average molecular weight is 273 g/mol. The van der Waals surface area contributed by atoms with Crippen LogP contribution in [-0.4, -0.2) is 42.7 Å². The van der Waals surface area contributed by atoms with Crippen molar-refractivity contribution in [2.24, 2.45) is 0 Å². The van der Waals surface area contributed by atoms with Gasteiger partial charge in [-0.25, -0.2) is 0 Å². The van der Waals surface area contributed by atoms with E-state index in [2.05, 4.69) is 13.1 Å². The van der Waals surface area contributed by atoms with Gasteiger partial charge in [-0.3, -0.25) is 0 Å². The van der Waals surface area contributed by atoms with E-state index in [1.54, 1.807) is 0 Å². The highest BCUT2D eigenvalue weighted by Gasteiger charge is 2.44. The van der Waals surface area contributed by atoms with Gasteiger partial charge in [-0.15, -0.1) is 0 Å². The summed E-state index contributed by atoms with van der Waals surface area (Å²) in [5.41, 5.74) is 0. The molecule has 2 aliphatic heterocycles. The first-order valence-electron chi connectivity index (χ1n) is 7.34. The molecule has 2 fully saturated rings. The molecule has 0 bridgehead atoms. The van der Waals surface area contributed by atoms with Crippen LogP contribution in [0.3, 0.4) is 0 Å². The van der Waals surface area contributed by atoms with E-state index in [1.807, 2.05) is 0 Å². The van der Waals surface area contributed by atoms with E-state index >= 15 is 0 Å². The molecule has 2 unspecified atom stereocenters. The number of hydrogen-bond donors (Lipinski definition) is 0. The SMILES string of the molecule is C[SiH](C)C1(CC2([SiH3])CCCCO2)CCCCO1. The van der Waals surface area contributed by atoms with Crippen molar-refractivity contribution in [3.8, 4) is 0 Å². The van der Waals surface area contributed by atoms with Gasteiger partial charge in [-0.1, -0.05) is 13.1 Å². The molecule has 2 saturated heterocycles. The predicted octanol–water partition coefficient (Wildman–Crippen LogP) is 1.60. The van der Waals surface area contributed by atoms with Crippen molar-refractivity contribution in [2.75, 3.05) is 13.2 Å². The first kappa shape index (κ1) is 13.8. The lowest BCUT2D eigenvalue weighted by atomic mass is 9.97. The molecule has 2 atom stereocenters. The largest absolute Gasteiger partial charge is 0.379 e. The van der Waals surface area contributed by atoms with Crippen LogP contribution in [0.2, 0.25) is 13.1 Å². The monoisotopic (exact) mass is 272 g/mol. The molecule has 2 aliphatic rings. The van der Waals surface area contributed by atoms with E-state index in [1.165, 1.54) is 44.9 Å². The molecule has 17 heavy (non-hydrogen) atoms. The average Bonchev–Trinajstić information content (AvgIpc) is 2.30. The van der Waals surface area contributed by atoms with Crippen molar-refractivity contribution in [1.82, 2.24) is 0 Å². The van der Waals surface area contributed by atoms with Gasteiger partial charge in [-0.2, -0.15) is 0 Å². The van der Waals surface area contributed by atoms with Crippen LogP contribution in [0, 0.1) is 0 Å². The molecule has 2 heterocycles. The molecule has 0 spiro atoms. The summed E-state index contributed by atoms with van der Waals surface area (Å²) in [6.07, 6.45) is 9.03. The van der Waals surface area contributed by atoms with E-state index < -0.39 is 8.80 Å². The zero-order valence-corrected chi connectivity index (χ0v) is 14.9. The number of ether oxygens (including phenoxy) is 2. The molecule has 0 amide bonds. The lowest BCUT2D eigenvalue weighted by Crippen LogP contribution is -2.54. The van der Waals surface area contributed by atoms with Crippen LogP contribution in [0.25, 0.3) is 0 Å². The maximum absolute atomic E-state index is 6.30. The van der Waals surface area contributed by atoms with Crippen LogP contribution in [0.5, 0.6) is 0 Å². The highest BCUT2D eigenvalue weighted by atomic mass is 28.3. The Morgan fingerprint density at radius 1 is 1.00 bits per heavy atom. The molecule has 100 valence electrons. The Balaban J connectivity index is 2.06. The summed E-state index contributed by atoms with van der Waals surface area (Å²) in [5.74, 6) is 0. The van der Waals surface area contributed by atoms with E-state index in [-0.39, 0.29) is 10.4 Å². The van der Waals surface area contributed by atoms with Crippen LogP contribution in [0.1, 0.15) is 44.9 Å². The third-order valence-electron chi connectivity index (χ3n) is 4.66. The van der Waals surface area contributed by atoms with Gasteiger partial charge in [0.05, 0.1) is 19.2 Å². The van der Waals surface area contributed by atoms with Gasteiger partial charge in [-0.05, 0) is 44.9 Å². The fraction of sp³-hybridized carbons (Fsp3) is 1.00. The summed E-state index contributed by atoms with van der Waals surface area (Å²) in [7, 11) is 0.380. The topological polar surface area (TPSA) is 18.5 Å². The van der Waals surface area contributed by atoms with Crippen molar-refractivity contribution in [3.63, 3.8) is 0 Å². The molecule has 0 aromatic rings. The lowest BCUT2D eigenvalue weighted by molar-refractivity contribution is -0.0942. The summed E-state index contributed by atoms with van der Waals surface area (Å²) >= 11 is 0. The fourth-order valence-corrected chi connectivity index (χ4v) is 7.07. The van der Waals surface area contributed by atoms with Crippen LogP contribution in [0.4, 0.5) is 0 Å². The Morgan fingerprint density at radius 2 is 1.65 bits per heavy atom. The lowest BCUT2D eigenvalue weighted by Gasteiger charge is -2.47. The first-order valence-corrected chi connectivity index (χ1v) is 11.2. The normalized spacial score (nSPS) is 39.7. The van der Waals surface area contributed by atoms with E-state index in [0.717, 1.165) is 23.5 Å². The molecule has 0 saturated carbocycles. The van der Waals surface area contributed by atoms with Crippen LogP contribution in [0.15, 0.2) is 0 Å². The Hall–Kier alpha value is 0.354. The zero-order chi connectivity index (χ0) is 12.4. The molecular formula is C13H28O2Si2. The van der Waals surface area contributed by atoms with E-state index in [0.29, 0.717) is 0 Å². The molecule has 0 aromatic heterocycles. The molecule has 0 aliphatic carbocycles. The zero-order valence-electron chi connectivity index (χ0n) is 11.8. The van der Waals surface area contributed by atoms with Gasteiger partial charge in [0.1, 0.15) is 0 Å². The van der Waals surface area contributed by atoms with E-state index in [9.17, 15) is 0 Å². The smallest absolute Gasteiger partial charge is 0.0696 e. The molecule has 2 nitrogen and oxygen atoms in total. The second kappa shape index (κ2) is 5.55. The number of rotatable bonds is 3. The van der Waals surface area contributed by atoms with Gasteiger partial charge >= 0.3 is 0 Å². The minimum Gasteiger partial charge on any atom is -0.379 e. The summed E-state index contributed by atoms with van der Waals surface area (Å²) in [4.78, 5) is 0. The predicted molar refractivity (Wildman–Crippen MR) is 78.5 cm³/mol. The maximum atomic E-state index is 6.30. The molecular weight excluding hydrogens is 244 g/mol.